The Morgan fingerprint density at radius 1 is 0.511 bits per heavy atom. The third-order valence-corrected chi connectivity index (χ3v) is 9.30. The molecule has 224 valence electrons. The molecule has 0 saturated heterocycles. The van der Waals surface area contributed by atoms with Crippen LogP contribution in [0.5, 0.6) is 0 Å². The molecular formula is C42H30N4O. The quantitative estimate of drug-likeness (QED) is 0.199. The molecule has 0 bridgehead atoms. The minimum atomic E-state index is -0.240. The predicted octanol–water partition coefficient (Wildman–Crippen LogP) is 10.9. The van der Waals surface area contributed by atoms with Gasteiger partial charge < -0.3 is 9.32 Å². The lowest BCUT2D eigenvalue weighted by atomic mass is 9.73. The molecule has 8 aromatic rings. The van der Waals surface area contributed by atoms with E-state index in [0.717, 1.165) is 55.7 Å². The summed E-state index contributed by atoms with van der Waals surface area (Å²) in [5.41, 5.74) is 9.97. The molecule has 6 aromatic carbocycles. The molecule has 2 aromatic heterocycles. The second-order valence-corrected chi connectivity index (χ2v) is 12.5. The monoisotopic (exact) mass is 606 g/mol. The highest BCUT2D eigenvalue weighted by atomic mass is 16.3. The van der Waals surface area contributed by atoms with E-state index < -0.39 is 0 Å². The number of hydrogen-bond acceptors (Lipinski definition) is 5. The van der Waals surface area contributed by atoms with Gasteiger partial charge in [0.25, 0.3) is 0 Å². The first kappa shape index (κ1) is 27.3. The van der Waals surface area contributed by atoms with E-state index in [4.69, 9.17) is 19.4 Å². The van der Waals surface area contributed by atoms with Crippen molar-refractivity contribution in [1.29, 1.82) is 0 Å². The molecule has 1 aliphatic rings. The van der Waals surface area contributed by atoms with E-state index in [2.05, 4.69) is 91.5 Å². The Kier molecular flexibility index (Phi) is 6.09. The van der Waals surface area contributed by atoms with Crippen LogP contribution in [-0.2, 0) is 5.41 Å². The van der Waals surface area contributed by atoms with Crippen LogP contribution < -0.4 is 4.90 Å². The Morgan fingerprint density at radius 2 is 1.11 bits per heavy atom. The number of fused-ring (bicyclic) bond motifs is 6. The van der Waals surface area contributed by atoms with Crippen LogP contribution in [0.15, 0.2) is 150 Å². The molecule has 9 rings (SSSR count). The van der Waals surface area contributed by atoms with Gasteiger partial charge in [-0.3, -0.25) is 0 Å². The van der Waals surface area contributed by atoms with Crippen molar-refractivity contribution in [2.45, 2.75) is 19.3 Å². The van der Waals surface area contributed by atoms with Gasteiger partial charge in [0, 0.05) is 38.6 Å². The third kappa shape index (κ3) is 4.35. The number of hydrogen-bond donors (Lipinski definition) is 0. The lowest BCUT2D eigenvalue weighted by Crippen LogP contribution is -2.30. The van der Waals surface area contributed by atoms with Gasteiger partial charge in [-0.2, -0.15) is 0 Å². The standard InChI is InChI=1S/C42H30N4O/c1-42(2)33-21-10-11-22-35(33)46(37-34(42)25-24-32-31-20-9-12-23-36(31)47-38(32)37)30-19-13-18-29(26-30)41-44-39(27-14-5-3-6-15-27)43-40(45-41)28-16-7-4-8-17-28/h3-26H,1-2H3. The van der Waals surface area contributed by atoms with Gasteiger partial charge in [-0.1, -0.05) is 135 Å². The van der Waals surface area contributed by atoms with Crippen molar-refractivity contribution in [1.82, 2.24) is 15.0 Å². The first-order valence-corrected chi connectivity index (χ1v) is 15.9. The van der Waals surface area contributed by atoms with Crippen LogP contribution in [0.2, 0.25) is 0 Å². The molecule has 0 aliphatic carbocycles. The molecule has 0 radical (unpaired) electrons. The Balaban J connectivity index is 1.28. The zero-order valence-electron chi connectivity index (χ0n) is 26.1. The first-order valence-electron chi connectivity index (χ1n) is 15.9. The van der Waals surface area contributed by atoms with Gasteiger partial charge in [-0.25, -0.2) is 15.0 Å². The summed E-state index contributed by atoms with van der Waals surface area (Å²) in [5.74, 6) is 1.89. The number of rotatable bonds is 4. The number of anilines is 3. The summed E-state index contributed by atoms with van der Waals surface area (Å²) in [6.45, 7) is 4.60. The molecule has 0 amide bonds. The van der Waals surface area contributed by atoms with Gasteiger partial charge in [0.2, 0.25) is 0 Å². The van der Waals surface area contributed by atoms with Crippen LogP contribution in [0.3, 0.4) is 0 Å². The fraction of sp³-hybridized carbons (Fsp3) is 0.0714. The van der Waals surface area contributed by atoms with E-state index in [-0.39, 0.29) is 5.41 Å². The van der Waals surface area contributed by atoms with Gasteiger partial charge in [0.05, 0.1) is 11.4 Å². The lowest BCUT2D eigenvalue weighted by molar-refractivity contribution is 0.624. The van der Waals surface area contributed by atoms with Gasteiger partial charge in [0.1, 0.15) is 5.58 Å². The fourth-order valence-electron chi connectivity index (χ4n) is 6.95. The molecular weight excluding hydrogens is 576 g/mol. The molecule has 5 heteroatoms. The van der Waals surface area contributed by atoms with E-state index >= 15 is 0 Å². The molecule has 0 unspecified atom stereocenters. The number of aromatic nitrogens is 3. The largest absolute Gasteiger partial charge is 0.454 e. The number of furan rings is 1. The first-order chi connectivity index (χ1) is 23.1. The van der Waals surface area contributed by atoms with Crippen LogP contribution in [0, 0.1) is 0 Å². The second kappa shape index (κ2) is 10.5. The normalized spacial score (nSPS) is 13.4. The SMILES string of the molecule is CC1(C)c2ccccc2N(c2cccc(-c3nc(-c4ccccc4)nc(-c4ccccc4)n3)c2)c2c1ccc1c2oc2ccccc21. The highest BCUT2D eigenvalue weighted by Gasteiger charge is 2.39. The Labute approximate surface area is 272 Å². The maximum atomic E-state index is 6.68. The highest BCUT2D eigenvalue weighted by molar-refractivity contribution is 6.12. The summed E-state index contributed by atoms with van der Waals surface area (Å²) in [6.07, 6.45) is 0. The summed E-state index contributed by atoms with van der Waals surface area (Å²) in [4.78, 5) is 17.3. The topological polar surface area (TPSA) is 55.1 Å². The minimum Gasteiger partial charge on any atom is -0.454 e. The zero-order chi connectivity index (χ0) is 31.5. The average Bonchev–Trinajstić information content (AvgIpc) is 3.52. The molecule has 3 heterocycles. The van der Waals surface area contributed by atoms with E-state index in [1.807, 2.05) is 72.8 Å². The summed E-state index contributed by atoms with van der Waals surface area (Å²) in [5, 5.41) is 2.22. The van der Waals surface area contributed by atoms with Crippen LogP contribution >= 0.6 is 0 Å². The van der Waals surface area contributed by atoms with Crippen LogP contribution in [0.25, 0.3) is 56.1 Å². The summed E-state index contributed by atoms with van der Waals surface area (Å²) in [6, 6.07) is 50.1. The van der Waals surface area contributed by atoms with E-state index in [1.54, 1.807) is 0 Å². The van der Waals surface area contributed by atoms with Gasteiger partial charge >= 0.3 is 0 Å². The molecule has 0 atom stereocenters. The molecule has 5 nitrogen and oxygen atoms in total. The van der Waals surface area contributed by atoms with Crippen molar-refractivity contribution in [2.24, 2.45) is 0 Å². The number of nitrogens with zero attached hydrogens (tertiary/aromatic N) is 4. The van der Waals surface area contributed by atoms with Crippen molar-refractivity contribution in [3.8, 4) is 34.2 Å². The van der Waals surface area contributed by atoms with Crippen molar-refractivity contribution in [2.75, 3.05) is 4.90 Å². The molecule has 0 fully saturated rings. The fourth-order valence-corrected chi connectivity index (χ4v) is 6.95. The molecule has 1 aliphatic heterocycles. The Morgan fingerprint density at radius 3 is 1.83 bits per heavy atom. The van der Waals surface area contributed by atoms with E-state index in [1.165, 1.54) is 11.1 Å². The Hall–Kier alpha value is -6.07. The van der Waals surface area contributed by atoms with Crippen LogP contribution in [0.4, 0.5) is 17.1 Å². The lowest BCUT2D eigenvalue weighted by Gasteiger charge is -2.42. The minimum absolute atomic E-state index is 0.240. The second-order valence-electron chi connectivity index (χ2n) is 12.5. The maximum Gasteiger partial charge on any atom is 0.164 e. The maximum absolute atomic E-state index is 6.68. The smallest absolute Gasteiger partial charge is 0.164 e. The molecule has 0 N–H and O–H groups in total. The van der Waals surface area contributed by atoms with Crippen molar-refractivity contribution >= 4 is 39.0 Å². The van der Waals surface area contributed by atoms with Crippen LogP contribution in [0.1, 0.15) is 25.0 Å². The van der Waals surface area contributed by atoms with E-state index in [0.29, 0.717) is 17.5 Å². The molecule has 0 saturated carbocycles. The number of para-hydroxylation sites is 2. The molecule has 0 spiro atoms. The van der Waals surface area contributed by atoms with Gasteiger partial charge in [0.15, 0.2) is 23.1 Å². The van der Waals surface area contributed by atoms with Crippen LogP contribution in [-0.4, -0.2) is 15.0 Å². The highest BCUT2D eigenvalue weighted by Crippen LogP contribution is 2.55. The molecule has 47 heavy (non-hydrogen) atoms. The summed E-state index contributed by atoms with van der Waals surface area (Å²) >= 11 is 0. The number of benzene rings is 6. The third-order valence-electron chi connectivity index (χ3n) is 9.30. The van der Waals surface area contributed by atoms with Crippen molar-refractivity contribution in [3.05, 3.63) is 157 Å². The van der Waals surface area contributed by atoms with Crippen molar-refractivity contribution in [3.63, 3.8) is 0 Å². The summed E-state index contributed by atoms with van der Waals surface area (Å²) in [7, 11) is 0. The zero-order valence-corrected chi connectivity index (χ0v) is 26.1. The van der Waals surface area contributed by atoms with Crippen molar-refractivity contribution < 1.29 is 4.42 Å². The average molecular weight is 607 g/mol. The van der Waals surface area contributed by atoms with Gasteiger partial charge in [-0.05, 0) is 35.4 Å². The van der Waals surface area contributed by atoms with Gasteiger partial charge in [-0.15, -0.1) is 0 Å². The predicted molar refractivity (Wildman–Crippen MR) is 190 cm³/mol. The summed E-state index contributed by atoms with van der Waals surface area (Å²) < 4.78 is 6.68. The van der Waals surface area contributed by atoms with E-state index in [9.17, 15) is 0 Å². The Bertz CT molecular complexity index is 2390.